The summed E-state index contributed by atoms with van der Waals surface area (Å²) in [6, 6.07) is 5.30. The third-order valence-corrected chi connectivity index (χ3v) is 4.31. The first-order valence-electron chi connectivity index (χ1n) is 7.84. The summed E-state index contributed by atoms with van der Waals surface area (Å²) >= 11 is 0. The average molecular weight is 342 g/mol. The van der Waals surface area contributed by atoms with Gasteiger partial charge in [-0.2, -0.15) is 0 Å². The second kappa shape index (κ2) is 9.53. The van der Waals surface area contributed by atoms with E-state index in [-0.39, 0.29) is 24.2 Å². The van der Waals surface area contributed by atoms with Crippen LogP contribution in [-0.4, -0.2) is 24.9 Å². The van der Waals surface area contributed by atoms with Gasteiger partial charge in [0.2, 0.25) is 5.91 Å². The van der Waals surface area contributed by atoms with Crippen LogP contribution < -0.4 is 16.4 Å². The topological polar surface area (TPSA) is 84.2 Å². The Morgan fingerprint density at radius 2 is 1.78 bits per heavy atom. The lowest BCUT2D eigenvalue weighted by Gasteiger charge is -2.29. The van der Waals surface area contributed by atoms with Gasteiger partial charge < -0.3 is 16.4 Å². The third kappa shape index (κ3) is 4.94. The summed E-state index contributed by atoms with van der Waals surface area (Å²) in [6.07, 6.45) is 1.36. The van der Waals surface area contributed by atoms with Gasteiger partial charge in [-0.3, -0.25) is 9.59 Å². The molecule has 0 bridgehead atoms. The maximum atomic E-state index is 12.6. The average Bonchev–Trinajstić information content (AvgIpc) is 2.52. The molecule has 0 saturated heterocycles. The number of nitrogens with one attached hydrogen (secondary N) is 2. The molecular weight excluding hydrogens is 314 g/mol. The fourth-order valence-electron chi connectivity index (χ4n) is 2.37. The van der Waals surface area contributed by atoms with Gasteiger partial charge in [-0.25, -0.2) is 0 Å². The van der Waals surface area contributed by atoms with E-state index in [1.807, 2.05) is 33.8 Å². The number of carbonyl (C=O) groups is 2. The van der Waals surface area contributed by atoms with Crippen LogP contribution in [0.2, 0.25) is 0 Å². The van der Waals surface area contributed by atoms with E-state index in [0.717, 1.165) is 5.56 Å². The van der Waals surface area contributed by atoms with Gasteiger partial charge in [-0.15, -0.1) is 12.4 Å². The minimum Gasteiger partial charge on any atom is -0.352 e. The van der Waals surface area contributed by atoms with Crippen molar-refractivity contribution in [3.05, 3.63) is 29.3 Å². The largest absolute Gasteiger partial charge is 0.352 e. The highest BCUT2D eigenvalue weighted by molar-refractivity contribution is 5.99. The van der Waals surface area contributed by atoms with Crippen molar-refractivity contribution in [3.8, 4) is 0 Å². The molecule has 0 atom stereocenters. The molecule has 0 aromatic heterocycles. The molecule has 0 aliphatic heterocycles. The number of anilines is 1. The van der Waals surface area contributed by atoms with E-state index < -0.39 is 5.41 Å². The minimum atomic E-state index is -0.561. The van der Waals surface area contributed by atoms with Gasteiger partial charge in [0.25, 0.3) is 5.91 Å². The van der Waals surface area contributed by atoms with Crippen LogP contribution >= 0.6 is 12.4 Å². The number of hydrogen-bond donors (Lipinski definition) is 3. The molecule has 0 heterocycles. The van der Waals surface area contributed by atoms with Crippen LogP contribution in [0.3, 0.4) is 0 Å². The summed E-state index contributed by atoms with van der Waals surface area (Å²) < 4.78 is 0. The lowest BCUT2D eigenvalue weighted by molar-refractivity contribution is -0.125. The summed E-state index contributed by atoms with van der Waals surface area (Å²) in [5, 5.41) is 5.70. The van der Waals surface area contributed by atoms with Gasteiger partial charge in [0.05, 0.1) is 5.41 Å². The molecule has 2 amide bonds. The zero-order chi connectivity index (χ0) is 16.8. The molecular formula is C17H28ClN3O2. The summed E-state index contributed by atoms with van der Waals surface area (Å²) in [5.74, 6) is -0.231. The van der Waals surface area contributed by atoms with Crippen molar-refractivity contribution < 1.29 is 9.59 Å². The Morgan fingerprint density at radius 3 is 2.26 bits per heavy atom. The van der Waals surface area contributed by atoms with E-state index in [4.69, 9.17) is 5.73 Å². The van der Waals surface area contributed by atoms with Crippen molar-refractivity contribution in [2.24, 2.45) is 11.1 Å². The van der Waals surface area contributed by atoms with Crippen molar-refractivity contribution in [2.45, 2.75) is 40.5 Å². The van der Waals surface area contributed by atoms with Gasteiger partial charge in [0.15, 0.2) is 0 Å². The van der Waals surface area contributed by atoms with Crippen LogP contribution in [0.25, 0.3) is 0 Å². The smallest absolute Gasteiger partial charge is 0.251 e. The molecule has 1 aromatic carbocycles. The van der Waals surface area contributed by atoms with Crippen LogP contribution in [0, 0.1) is 12.3 Å². The summed E-state index contributed by atoms with van der Waals surface area (Å²) in [4.78, 5) is 24.5. The van der Waals surface area contributed by atoms with E-state index in [9.17, 15) is 9.59 Å². The SMILES string of the molecule is CCNC(=O)c1ccc(C)c(NC(=O)C(CC)(CC)CN)c1.Cl. The van der Waals surface area contributed by atoms with Gasteiger partial charge >= 0.3 is 0 Å². The zero-order valence-electron chi connectivity index (χ0n) is 14.4. The molecule has 0 saturated carbocycles. The molecule has 6 heteroatoms. The highest BCUT2D eigenvalue weighted by Crippen LogP contribution is 2.28. The van der Waals surface area contributed by atoms with Crippen LogP contribution in [0.1, 0.15) is 49.5 Å². The Bertz CT molecular complexity index is 534. The molecule has 0 spiro atoms. The van der Waals surface area contributed by atoms with Crippen LogP contribution in [0.5, 0.6) is 0 Å². The van der Waals surface area contributed by atoms with E-state index in [1.165, 1.54) is 0 Å². The molecule has 4 N–H and O–H groups in total. The Labute approximate surface area is 144 Å². The first kappa shape index (κ1) is 21.4. The second-order valence-electron chi connectivity index (χ2n) is 5.53. The van der Waals surface area contributed by atoms with E-state index in [1.54, 1.807) is 12.1 Å². The second-order valence-corrected chi connectivity index (χ2v) is 5.53. The van der Waals surface area contributed by atoms with E-state index in [0.29, 0.717) is 37.2 Å². The standard InChI is InChI=1S/C17H27N3O2.ClH/c1-5-17(6-2,11-18)16(22)20-14-10-13(9-8-12(14)4)15(21)19-7-3;/h8-10H,5-7,11,18H2,1-4H3,(H,19,21)(H,20,22);1H. The highest BCUT2D eigenvalue weighted by Gasteiger charge is 2.33. The molecule has 0 aliphatic carbocycles. The third-order valence-electron chi connectivity index (χ3n) is 4.31. The number of rotatable bonds is 7. The molecule has 0 radical (unpaired) electrons. The Morgan fingerprint density at radius 1 is 1.17 bits per heavy atom. The summed E-state index contributed by atoms with van der Waals surface area (Å²) in [7, 11) is 0. The molecule has 1 rings (SSSR count). The van der Waals surface area contributed by atoms with Gasteiger partial charge in [0, 0.05) is 24.3 Å². The predicted molar refractivity (Wildman–Crippen MR) is 97.1 cm³/mol. The first-order valence-corrected chi connectivity index (χ1v) is 7.84. The minimum absolute atomic E-state index is 0. The van der Waals surface area contributed by atoms with E-state index in [2.05, 4.69) is 10.6 Å². The fourth-order valence-corrected chi connectivity index (χ4v) is 2.37. The Kier molecular flexibility index (Phi) is 8.87. The van der Waals surface area contributed by atoms with Gasteiger partial charge in [0.1, 0.15) is 0 Å². The number of nitrogens with two attached hydrogens (primary N) is 1. The highest BCUT2D eigenvalue weighted by atomic mass is 35.5. The molecule has 0 fully saturated rings. The molecule has 5 nitrogen and oxygen atoms in total. The number of hydrogen-bond acceptors (Lipinski definition) is 3. The zero-order valence-corrected chi connectivity index (χ0v) is 15.2. The monoisotopic (exact) mass is 341 g/mol. The van der Waals surface area contributed by atoms with Crippen molar-refractivity contribution in [3.63, 3.8) is 0 Å². The van der Waals surface area contributed by atoms with Crippen LogP contribution in [0.15, 0.2) is 18.2 Å². The molecule has 0 unspecified atom stereocenters. The van der Waals surface area contributed by atoms with Crippen molar-refractivity contribution >= 4 is 29.9 Å². The van der Waals surface area contributed by atoms with Crippen molar-refractivity contribution in [1.29, 1.82) is 0 Å². The maximum Gasteiger partial charge on any atom is 0.251 e. The number of benzene rings is 1. The lowest BCUT2D eigenvalue weighted by atomic mass is 9.81. The molecule has 130 valence electrons. The van der Waals surface area contributed by atoms with E-state index >= 15 is 0 Å². The lowest BCUT2D eigenvalue weighted by Crippen LogP contribution is -2.41. The van der Waals surface area contributed by atoms with Crippen LogP contribution in [0.4, 0.5) is 5.69 Å². The van der Waals surface area contributed by atoms with Crippen molar-refractivity contribution in [1.82, 2.24) is 5.32 Å². The Balaban J connectivity index is 0.00000484. The van der Waals surface area contributed by atoms with Crippen molar-refractivity contribution in [2.75, 3.05) is 18.4 Å². The van der Waals surface area contributed by atoms with Crippen LogP contribution in [-0.2, 0) is 4.79 Å². The van der Waals surface area contributed by atoms with Gasteiger partial charge in [-0.1, -0.05) is 19.9 Å². The molecule has 0 aliphatic rings. The normalized spacial score (nSPS) is 10.7. The number of halogens is 1. The van der Waals surface area contributed by atoms with Gasteiger partial charge in [-0.05, 0) is 44.4 Å². The molecule has 23 heavy (non-hydrogen) atoms. The number of carbonyl (C=O) groups excluding carboxylic acids is 2. The molecule has 1 aromatic rings. The maximum absolute atomic E-state index is 12.6. The number of aryl methyl sites for hydroxylation is 1. The summed E-state index contributed by atoms with van der Waals surface area (Å²) in [6.45, 7) is 8.57. The Hall–Kier alpha value is -1.59. The quantitative estimate of drug-likeness (QED) is 0.713. The summed E-state index contributed by atoms with van der Waals surface area (Å²) in [5.41, 5.74) is 7.37. The number of amides is 2. The predicted octanol–water partition coefficient (Wildman–Crippen LogP) is 2.87. The fraction of sp³-hybridized carbons (Fsp3) is 0.529. The first-order chi connectivity index (χ1) is 10.4.